The van der Waals surface area contributed by atoms with Crippen LogP contribution in [-0.4, -0.2) is 37.2 Å². The van der Waals surface area contributed by atoms with Crippen molar-refractivity contribution in [2.24, 2.45) is 0 Å². The number of hydrogen-bond acceptors (Lipinski definition) is 4. The normalized spacial score (nSPS) is 16.6. The van der Waals surface area contributed by atoms with Gasteiger partial charge in [-0.15, -0.1) is 0 Å². The molecule has 4 nitrogen and oxygen atoms in total. The van der Waals surface area contributed by atoms with Crippen LogP contribution in [0.5, 0.6) is 0 Å². The van der Waals surface area contributed by atoms with Gasteiger partial charge in [0.1, 0.15) is 5.76 Å². The Bertz CT molecular complexity index is 357. The number of likely N-dealkylation sites (tertiary alicyclic amines) is 1. The highest BCUT2D eigenvalue weighted by Crippen LogP contribution is 2.12. The molecule has 0 unspecified atom stereocenters. The molecule has 1 aliphatic heterocycles. The van der Waals surface area contributed by atoms with Crippen LogP contribution in [0.15, 0.2) is 16.7 Å². The zero-order chi connectivity index (χ0) is 13.5. The molecule has 0 aromatic carbocycles. The molecule has 1 aliphatic rings. The molecule has 0 atom stereocenters. The average Bonchev–Trinajstić information content (AvgIpc) is 3.03. The average molecular weight is 266 g/mol. The predicted octanol–water partition coefficient (Wildman–Crippen LogP) is 2.39. The van der Waals surface area contributed by atoms with Crippen molar-refractivity contribution in [3.8, 4) is 0 Å². The molecule has 1 fully saturated rings. The molecule has 0 spiro atoms. The first kappa shape index (κ1) is 14.6. The van der Waals surface area contributed by atoms with Gasteiger partial charge in [-0.25, -0.2) is 0 Å². The van der Waals surface area contributed by atoms with E-state index >= 15 is 0 Å². The van der Waals surface area contributed by atoms with Crippen LogP contribution in [0.4, 0.5) is 0 Å². The third-order valence-electron chi connectivity index (χ3n) is 3.52. The van der Waals surface area contributed by atoms with Crippen LogP contribution in [-0.2, 0) is 17.9 Å². The van der Waals surface area contributed by atoms with E-state index in [2.05, 4.69) is 24.1 Å². The molecule has 2 rings (SSSR count). The molecule has 1 saturated heterocycles. The third-order valence-corrected chi connectivity index (χ3v) is 3.52. The van der Waals surface area contributed by atoms with Crippen molar-refractivity contribution >= 4 is 0 Å². The number of nitrogens with one attached hydrogen (secondary N) is 1. The second-order valence-electron chi connectivity index (χ2n) is 5.51. The van der Waals surface area contributed by atoms with Crippen molar-refractivity contribution in [3.63, 3.8) is 0 Å². The maximum Gasteiger partial charge on any atom is 0.123 e. The van der Waals surface area contributed by atoms with Gasteiger partial charge in [-0.05, 0) is 32.0 Å². The molecule has 108 valence electrons. The number of ether oxygens (including phenoxy) is 1. The van der Waals surface area contributed by atoms with Crippen LogP contribution in [0, 0.1) is 0 Å². The van der Waals surface area contributed by atoms with Crippen LogP contribution in [0.1, 0.15) is 38.0 Å². The Balaban J connectivity index is 1.65. The van der Waals surface area contributed by atoms with Crippen molar-refractivity contribution in [2.75, 3.05) is 26.2 Å². The molecule has 4 heteroatoms. The zero-order valence-corrected chi connectivity index (χ0v) is 12.2. The second-order valence-corrected chi connectivity index (χ2v) is 5.51. The Morgan fingerprint density at radius 2 is 2.16 bits per heavy atom. The summed E-state index contributed by atoms with van der Waals surface area (Å²) in [5, 5.41) is 3.37. The van der Waals surface area contributed by atoms with Gasteiger partial charge in [-0.1, -0.05) is 13.8 Å². The van der Waals surface area contributed by atoms with Gasteiger partial charge >= 0.3 is 0 Å². The molecule has 0 radical (unpaired) electrons. The van der Waals surface area contributed by atoms with Gasteiger partial charge < -0.3 is 19.4 Å². The number of furan rings is 1. The highest BCUT2D eigenvalue weighted by molar-refractivity contribution is 5.15. The van der Waals surface area contributed by atoms with Crippen molar-refractivity contribution in [3.05, 3.63) is 23.7 Å². The zero-order valence-electron chi connectivity index (χ0n) is 12.2. The van der Waals surface area contributed by atoms with Crippen molar-refractivity contribution in [1.29, 1.82) is 0 Å². The van der Waals surface area contributed by atoms with Crippen LogP contribution in [0.2, 0.25) is 0 Å². The number of nitrogens with zero attached hydrogens (tertiary/aromatic N) is 1. The Morgan fingerprint density at radius 1 is 1.37 bits per heavy atom. The summed E-state index contributed by atoms with van der Waals surface area (Å²) in [6.45, 7) is 10.0. The third kappa shape index (κ3) is 4.97. The fourth-order valence-electron chi connectivity index (χ4n) is 2.33. The molecule has 0 amide bonds. The smallest absolute Gasteiger partial charge is 0.123 e. The first-order chi connectivity index (χ1) is 9.25. The lowest BCUT2D eigenvalue weighted by molar-refractivity contribution is 0.0981. The van der Waals surface area contributed by atoms with E-state index < -0.39 is 0 Å². The van der Waals surface area contributed by atoms with Gasteiger partial charge in [0.25, 0.3) is 0 Å². The monoisotopic (exact) mass is 266 g/mol. The molecule has 2 heterocycles. The fraction of sp³-hybridized carbons (Fsp3) is 0.733. The van der Waals surface area contributed by atoms with Crippen molar-refractivity contribution < 1.29 is 9.15 Å². The molecule has 19 heavy (non-hydrogen) atoms. The van der Waals surface area contributed by atoms with E-state index in [4.69, 9.17) is 9.15 Å². The van der Waals surface area contributed by atoms with E-state index in [1.165, 1.54) is 25.9 Å². The van der Waals surface area contributed by atoms with Gasteiger partial charge in [0, 0.05) is 18.2 Å². The second kappa shape index (κ2) is 7.68. The molecule has 1 aromatic heterocycles. The molecular formula is C15H26N2O2. The lowest BCUT2D eigenvalue weighted by Gasteiger charge is -2.14. The van der Waals surface area contributed by atoms with E-state index in [1.54, 1.807) is 6.26 Å². The minimum Gasteiger partial charge on any atom is -0.468 e. The number of rotatable bonds is 8. The maximum absolute atomic E-state index is 5.76. The summed E-state index contributed by atoms with van der Waals surface area (Å²) in [5.74, 6) is 0.995. The van der Waals surface area contributed by atoms with Crippen molar-refractivity contribution in [2.45, 2.75) is 45.9 Å². The van der Waals surface area contributed by atoms with Gasteiger partial charge in [-0.2, -0.15) is 0 Å². The molecule has 1 N–H and O–H groups in total. The minimum atomic E-state index is 0.467. The first-order valence-corrected chi connectivity index (χ1v) is 7.34. The summed E-state index contributed by atoms with van der Waals surface area (Å²) >= 11 is 0. The van der Waals surface area contributed by atoms with Crippen LogP contribution < -0.4 is 5.32 Å². The van der Waals surface area contributed by atoms with Crippen molar-refractivity contribution in [1.82, 2.24) is 10.2 Å². The molecule has 0 aliphatic carbocycles. The summed E-state index contributed by atoms with van der Waals surface area (Å²) < 4.78 is 11.3. The summed E-state index contributed by atoms with van der Waals surface area (Å²) in [4.78, 5) is 2.47. The van der Waals surface area contributed by atoms with E-state index in [1.807, 2.05) is 6.07 Å². The maximum atomic E-state index is 5.76. The van der Waals surface area contributed by atoms with Gasteiger partial charge in [0.15, 0.2) is 0 Å². The Labute approximate surface area is 116 Å². The topological polar surface area (TPSA) is 37.6 Å². The molecule has 0 bridgehead atoms. The minimum absolute atomic E-state index is 0.467. The van der Waals surface area contributed by atoms with Gasteiger partial charge in [-0.3, -0.25) is 0 Å². The Kier molecular flexibility index (Phi) is 5.89. The Hall–Kier alpha value is -0.840. The largest absolute Gasteiger partial charge is 0.468 e. The summed E-state index contributed by atoms with van der Waals surface area (Å²) in [6.07, 6.45) is 4.43. The first-order valence-electron chi connectivity index (χ1n) is 7.34. The lowest BCUT2D eigenvalue weighted by atomic mass is 10.2. The predicted molar refractivity (Wildman–Crippen MR) is 76.0 cm³/mol. The summed E-state index contributed by atoms with van der Waals surface area (Å²) in [7, 11) is 0. The van der Waals surface area contributed by atoms with Crippen LogP contribution >= 0.6 is 0 Å². The highest BCUT2D eigenvalue weighted by Gasteiger charge is 2.11. The highest BCUT2D eigenvalue weighted by atomic mass is 16.5. The van der Waals surface area contributed by atoms with Crippen LogP contribution in [0.3, 0.4) is 0 Å². The van der Waals surface area contributed by atoms with E-state index in [0.29, 0.717) is 12.6 Å². The quantitative estimate of drug-likeness (QED) is 0.733. The summed E-state index contributed by atoms with van der Waals surface area (Å²) in [6, 6.07) is 2.47. The van der Waals surface area contributed by atoms with E-state index in [9.17, 15) is 0 Å². The van der Waals surface area contributed by atoms with E-state index in [0.717, 1.165) is 31.0 Å². The molecular weight excluding hydrogens is 240 g/mol. The molecule has 1 aromatic rings. The lowest BCUT2D eigenvalue weighted by Crippen LogP contribution is -2.24. The van der Waals surface area contributed by atoms with Crippen LogP contribution in [0.25, 0.3) is 0 Å². The SMILES string of the molecule is CC(C)NCc1occc1COCCN1CCCC1. The van der Waals surface area contributed by atoms with E-state index in [-0.39, 0.29) is 0 Å². The number of hydrogen-bond donors (Lipinski definition) is 1. The van der Waals surface area contributed by atoms with Gasteiger partial charge in [0.05, 0.1) is 26.0 Å². The fourth-order valence-corrected chi connectivity index (χ4v) is 2.33. The standard InChI is InChI=1S/C15H26N2O2/c1-13(2)16-11-15-14(5-9-19-15)12-18-10-8-17-6-3-4-7-17/h5,9,13,16H,3-4,6-8,10-12H2,1-2H3. The molecule has 0 saturated carbocycles. The van der Waals surface area contributed by atoms with Gasteiger partial charge in [0.2, 0.25) is 0 Å². The Morgan fingerprint density at radius 3 is 2.89 bits per heavy atom. The summed E-state index contributed by atoms with van der Waals surface area (Å²) in [5.41, 5.74) is 1.16.